The Balaban J connectivity index is 2.12. The molecule has 1 atom stereocenters. The van der Waals surface area contributed by atoms with Crippen LogP contribution < -0.4 is 5.32 Å². The first-order valence-electron chi connectivity index (χ1n) is 4.95. The number of rotatable bonds is 4. The molecule has 2 aromatic rings. The van der Waals surface area contributed by atoms with Gasteiger partial charge in [0.15, 0.2) is 5.82 Å². The molecule has 0 aliphatic rings. The Bertz CT molecular complexity index is 438. The summed E-state index contributed by atoms with van der Waals surface area (Å²) >= 11 is 0. The first kappa shape index (κ1) is 10.6. The molecule has 0 radical (unpaired) electrons. The standard InChI is InChI=1S/C9H13N7/c1-10-8(7-3-4-11-6-12-7)5-9-13-15-16(2)14-9/h3-4,6,8,10H,5H2,1-2H3. The van der Waals surface area contributed by atoms with Crippen molar-refractivity contribution < 1.29 is 0 Å². The third-order valence-corrected chi connectivity index (χ3v) is 2.25. The maximum absolute atomic E-state index is 4.20. The SMILES string of the molecule is CNC(Cc1nnn(C)n1)c1ccncn1. The molecular weight excluding hydrogens is 206 g/mol. The lowest BCUT2D eigenvalue weighted by molar-refractivity contribution is 0.555. The minimum atomic E-state index is 0.0761. The van der Waals surface area contributed by atoms with Crippen LogP contribution in [0.1, 0.15) is 17.6 Å². The Labute approximate surface area is 92.9 Å². The highest BCUT2D eigenvalue weighted by Gasteiger charge is 2.14. The molecular formula is C9H13N7. The van der Waals surface area contributed by atoms with Gasteiger partial charge in [0.2, 0.25) is 0 Å². The van der Waals surface area contributed by atoms with E-state index in [-0.39, 0.29) is 6.04 Å². The van der Waals surface area contributed by atoms with Gasteiger partial charge in [-0.25, -0.2) is 9.97 Å². The molecule has 1 unspecified atom stereocenters. The van der Waals surface area contributed by atoms with Gasteiger partial charge in [-0.2, -0.15) is 4.80 Å². The predicted molar refractivity (Wildman–Crippen MR) is 56.3 cm³/mol. The number of aryl methyl sites for hydroxylation is 1. The van der Waals surface area contributed by atoms with Crippen LogP contribution in [0, 0.1) is 0 Å². The van der Waals surface area contributed by atoms with Gasteiger partial charge in [-0.05, 0) is 18.3 Å². The normalized spacial score (nSPS) is 12.6. The second-order valence-electron chi connectivity index (χ2n) is 3.37. The number of hydrogen-bond acceptors (Lipinski definition) is 6. The molecule has 1 N–H and O–H groups in total. The van der Waals surface area contributed by atoms with Gasteiger partial charge < -0.3 is 5.32 Å². The van der Waals surface area contributed by atoms with Gasteiger partial charge in [0, 0.05) is 12.6 Å². The van der Waals surface area contributed by atoms with Crippen LogP contribution in [0.2, 0.25) is 0 Å². The summed E-state index contributed by atoms with van der Waals surface area (Å²) in [6.45, 7) is 0. The highest BCUT2D eigenvalue weighted by Crippen LogP contribution is 2.12. The summed E-state index contributed by atoms with van der Waals surface area (Å²) in [5.74, 6) is 0.695. The minimum absolute atomic E-state index is 0.0761. The first-order chi connectivity index (χ1) is 7.79. The maximum atomic E-state index is 4.20. The summed E-state index contributed by atoms with van der Waals surface area (Å²) < 4.78 is 0. The molecule has 2 heterocycles. The number of nitrogens with zero attached hydrogens (tertiary/aromatic N) is 6. The largest absolute Gasteiger partial charge is 0.311 e. The van der Waals surface area contributed by atoms with E-state index >= 15 is 0 Å². The first-order valence-corrected chi connectivity index (χ1v) is 4.95. The van der Waals surface area contributed by atoms with Crippen molar-refractivity contribution in [3.05, 3.63) is 30.1 Å². The maximum Gasteiger partial charge on any atom is 0.176 e. The van der Waals surface area contributed by atoms with Crippen LogP contribution in [-0.4, -0.2) is 37.2 Å². The zero-order valence-electron chi connectivity index (χ0n) is 9.20. The van der Waals surface area contributed by atoms with Crippen molar-refractivity contribution in [1.29, 1.82) is 0 Å². The minimum Gasteiger partial charge on any atom is -0.311 e. The van der Waals surface area contributed by atoms with Gasteiger partial charge in [0.05, 0.1) is 18.8 Å². The molecule has 0 saturated carbocycles. The van der Waals surface area contributed by atoms with E-state index in [2.05, 4.69) is 30.7 Å². The van der Waals surface area contributed by atoms with E-state index in [4.69, 9.17) is 0 Å². The zero-order valence-corrected chi connectivity index (χ0v) is 9.20. The third-order valence-electron chi connectivity index (χ3n) is 2.25. The van der Waals surface area contributed by atoms with Gasteiger partial charge in [0.25, 0.3) is 0 Å². The van der Waals surface area contributed by atoms with Crippen molar-refractivity contribution in [3.8, 4) is 0 Å². The van der Waals surface area contributed by atoms with Crippen LogP contribution in [0.5, 0.6) is 0 Å². The van der Waals surface area contributed by atoms with Crippen molar-refractivity contribution in [3.63, 3.8) is 0 Å². The van der Waals surface area contributed by atoms with Crippen LogP contribution in [0.4, 0.5) is 0 Å². The molecule has 0 aromatic carbocycles. The highest BCUT2D eigenvalue weighted by atomic mass is 15.6. The van der Waals surface area contributed by atoms with Crippen molar-refractivity contribution in [2.45, 2.75) is 12.5 Å². The van der Waals surface area contributed by atoms with Gasteiger partial charge in [-0.1, -0.05) is 0 Å². The van der Waals surface area contributed by atoms with Crippen molar-refractivity contribution in [1.82, 2.24) is 35.5 Å². The lowest BCUT2D eigenvalue weighted by Crippen LogP contribution is -2.20. The molecule has 7 nitrogen and oxygen atoms in total. The smallest absolute Gasteiger partial charge is 0.176 e. The average Bonchev–Trinajstić information content (AvgIpc) is 2.73. The number of aromatic nitrogens is 6. The zero-order chi connectivity index (χ0) is 11.4. The Morgan fingerprint density at radius 2 is 2.38 bits per heavy atom. The van der Waals surface area contributed by atoms with Gasteiger partial charge in [-0.15, -0.1) is 10.2 Å². The van der Waals surface area contributed by atoms with E-state index in [0.717, 1.165) is 5.69 Å². The highest BCUT2D eigenvalue weighted by molar-refractivity contribution is 5.06. The number of tetrazole rings is 1. The summed E-state index contributed by atoms with van der Waals surface area (Å²) in [4.78, 5) is 9.53. The summed E-state index contributed by atoms with van der Waals surface area (Å²) in [6.07, 6.45) is 3.90. The number of hydrogen-bond donors (Lipinski definition) is 1. The summed E-state index contributed by atoms with van der Waals surface area (Å²) in [5.41, 5.74) is 0.921. The fourth-order valence-corrected chi connectivity index (χ4v) is 1.45. The monoisotopic (exact) mass is 219 g/mol. The molecule has 0 amide bonds. The Hall–Kier alpha value is -1.89. The van der Waals surface area contributed by atoms with Crippen molar-refractivity contribution >= 4 is 0 Å². The second kappa shape index (κ2) is 4.75. The molecule has 0 aliphatic heterocycles. The number of nitrogens with one attached hydrogen (secondary N) is 1. The fraction of sp³-hybridized carbons (Fsp3) is 0.444. The lowest BCUT2D eigenvalue weighted by atomic mass is 10.1. The molecule has 0 bridgehead atoms. The molecule has 0 spiro atoms. The van der Waals surface area contributed by atoms with E-state index in [9.17, 15) is 0 Å². The molecule has 7 heteroatoms. The Morgan fingerprint density at radius 1 is 1.50 bits per heavy atom. The Kier molecular flexibility index (Phi) is 3.16. The molecule has 0 saturated heterocycles. The Morgan fingerprint density at radius 3 is 2.94 bits per heavy atom. The van der Waals surface area contributed by atoms with E-state index < -0.39 is 0 Å². The van der Waals surface area contributed by atoms with Crippen LogP contribution >= 0.6 is 0 Å². The summed E-state index contributed by atoms with van der Waals surface area (Å²) in [6, 6.07) is 1.95. The molecule has 84 valence electrons. The molecule has 2 aromatic heterocycles. The summed E-state index contributed by atoms with van der Waals surface area (Å²) in [5, 5.41) is 15.0. The van der Waals surface area contributed by atoms with Crippen LogP contribution in [-0.2, 0) is 13.5 Å². The van der Waals surface area contributed by atoms with Crippen molar-refractivity contribution in [2.75, 3.05) is 7.05 Å². The van der Waals surface area contributed by atoms with E-state index in [1.54, 1.807) is 13.2 Å². The molecule has 2 rings (SSSR count). The van der Waals surface area contributed by atoms with Gasteiger partial charge in [-0.3, -0.25) is 0 Å². The third kappa shape index (κ3) is 2.37. The quantitative estimate of drug-likeness (QED) is 0.746. The molecule has 0 aliphatic carbocycles. The topological polar surface area (TPSA) is 81.4 Å². The molecule has 0 fully saturated rings. The van der Waals surface area contributed by atoms with E-state index in [1.165, 1.54) is 11.1 Å². The average molecular weight is 219 g/mol. The fourth-order valence-electron chi connectivity index (χ4n) is 1.45. The van der Waals surface area contributed by atoms with E-state index in [0.29, 0.717) is 12.2 Å². The summed E-state index contributed by atoms with van der Waals surface area (Å²) in [7, 11) is 3.62. The predicted octanol–water partition coefficient (Wildman–Crippen LogP) is -0.497. The van der Waals surface area contributed by atoms with Crippen LogP contribution in [0.15, 0.2) is 18.6 Å². The lowest BCUT2D eigenvalue weighted by Gasteiger charge is -2.12. The van der Waals surface area contributed by atoms with Crippen LogP contribution in [0.25, 0.3) is 0 Å². The van der Waals surface area contributed by atoms with Gasteiger partial charge in [0.1, 0.15) is 6.33 Å². The van der Waals surface area contributed by atoms with Gasteiger partial charge >= 0.3 is 0 Å². The van der Waals surface area contributed by atoms with Crippen LogP contribution in [0.3, 0.4) is 0 Å². The molecule has 16 heavy (non-hydrogen) atoms. The number of likely N-dealkylation sites (N-methyl/N-ethyl adjacent to an activating group) is 1. The second-order valence-corrected chi connectivity index (χ2v) is 3.37. The van der Waals surface area contributed by atoms with Crippen molar-refractivity contribution in [2.24, 2.45) is 7.05 Å². The van der Waals surface area contributed by atoms with E-state index in [1.807, 2.05) is 13.1 Å².